The number of rotatable bonds is 5. The van der Waals surface area contributed by atoms with Crippen molar-refractivity contribution < 1.29 is 14.6 Å². The van der Waals surface area contributed by atoms with E-state index in [-0.39, 0.29) is 5.91 Å². The smallest absolute Gasteiger partial charge is 0.267 e. The molecule has 1 fully saturated rings. The molecule has 0 saturated heterocycles. The van der Waals surface area contributed by atoms with Gasteiger partial charge in [0.15, 0.2) is 5.75 Å². The van der Waals surface area contributed by atoms with E-state index >= 15 is 0 Å². The van der Waals surface area contributed by atoms with Crippen LogP contribution in [0.1, 0.15) is 27.4 Å². The number of likely N-dealkylation sites (N-methyl/N-ethyl adjacent to an activating group) is 1. The molecule has 4 nitrogen and oxygen atoms in total. The van der Waals surface area contributed by atoms with E-state index in [0.29, 0.717) is 23.1 Å². The third-order valence-corrected chi connectivity index (χ3v) is 5.63. The molecule has 0 aromatic carbocycles. The first kappa shape index (κ1) is 14.8. The maximum absolute atomic E-state index is 12.4. The van der Waals surface area contributed by atoms with Crippen molar-refractivity contribution >= 4 is 33.2 Å². The molecule has 1 saturated carbocycles. The monoisotopic (exact) mass is 347 g/mol. The lowest BCUT2D eigenvalue weighted by atomic mass is 10.2. The minimum absolute atomic E-state index is 0.102. The number of carbonyl (C=O) groups excluding carboxylic acids is 1. The van der Waals surface area contributed by atoms with Crippen molar-refractivity contribution in [3.05, 3.63) is 14.2 Å². The Morgan fingerprint density at radius 3 is 2.79 bits per heavy atom. The van der Waals surface area contributed by atoms with Gasteiger partial charge in [-0.05, 0) is 41.6 Å². The van der Waals surface area contributed by atoms with Crippen LogP contribution in [0.15, 0.2) is 4.47 Å². The summed E-state index contributed by atoms with van der Waals surface area (Å²) in [6.07, 6.45) is 1.72. The number of hydrogen-bond donors (Lipinski definition) is 1. The molecule has 1 N–H and O–H groups in total. The third kappa shape index (κ3) is 3.12. The predicted octanol–water partition coefficient (Wildman–Crippen LogP) is 2.67. The van der Waals surface area contributed by atoms with Gasteiger partial charge in [-0.2, -0.15) is 0 Å². The van der Waals surface area contributed by atoms with E-state index in [4.69, 9.17) is 4.74 Å². The summed E-state index contributed by atoms with van der Waals surface area (Å²) < 4.78 is 6.12. The zero-order valence-corrected chi connectivity index (χ0v) is 13.7. The van der Waals surface area contributed by atoms with Gasteiger partial charge >= 0.3 is 0 Å². The standard InChI is InChI=1S/C13H18BrNO3S/c1-7-10(14)11(18-3)12(19-7)13(17)15(2)6-9(16)8-4-5-8/h8-9,16H,4-6H2,1-3H3. The summed E-state index contributed by atoms with van der Waals surface area (Å²) >= 11 is 4.84. The van der Waals surface area contributed by atoms with Crippen LogP contribution in [-0.4, -0.2) is 42.7 Å². The van der Waals surface area contributed by atoms with Gasteiger partial charge in [0.1, 0.15) is 4.88 Å². The van der Waals surface area contributed by atoms with Gasteiger partial charge in [-0.3, -0.25) is 4.79 Å². The normalized spacial score (nSPS) is 16.3. The van der Waals surface area contributed by atoms with Gasteiger partial charge in [0.05, 0.1) is 17.7 Å². The van der Waals surface area contributed by atoms with Crippen LogP contribution >= 0.6 is 27.3 Å². The Morgan fingerprint density at radius 1 is 1.63 bits per heavy atom. The van der Waals surface area contributed by atoms with Crippen LogP contribution in [0.3, 0.4) is 0 Å². The van der Waals surface area contributed by atoms with E-state index in [9.17, 15) is 9.90 Å². The Balaban J connectivity index is 2.11. The molecule has 0 aliphatic heterocycles. The fourth-order valence-corrected chi connectivity index (χ4v) is 3.74. The first-order valence-electron chi connectivity index (χ1n) is 6.22. The summed E-state index contributed by atoms with van der Waals surface area (Å²) in [5.41, 5.74) is 0. The number of halogens is 1. The SMILES string of the molecule is COc1c(C(=O)N(C)CC(O)C2CC2)sc(C)c1Br. The highest BCUT2D eigenvalue weighted by Crippen LogP contribution is 2.40. The second kappa shape index (κ2) is 5.81. The Hall–Kier alpha value is -0.590. The highest BCUT2D eigenvalue weighted by molar-refractivity contribution is 9.10. The molecule has 0 radical (unpaired) electrons. The number of amides is 1. The minimum atomic E-state index is -0.413. The fourth-order valence-electron chi connectivity index (χ4n) is 1.99. The molecule has 1 aromatic heterocycles. The Labute approximate surface area is 125 Å². The molecular weight excluding hydrogens is 330 g/mol. The molecule has 1 atom stereocenters. The number of aliphatic hydroxyl groups excluding tert-OH is 1. The van der Waals surface area contributed by atoms with Crippen molar-refractivity contribution in [2.75, 3.05) is 20.7 Å². The van der Waals surface area contributed by atoms with Crippen molar-refractivity contribution in [2.24, 2.45) is 5.92 Å². The first-order valence-corrected chi connectivity index (χ1v) is 7.83. The molecule has 1 aromatic rings. The number of aliphatic hydroxyl groups is 1. The zero-order valence-electron chi connectivity index (χ0n) is 11.3. The van der Waals surface area contributed by atoms with E-state index in [0.717, 1.165) is 22.2 Å². The van der Waals surface area contributed by atoms with Crippen molar-refractivity contribution in [3.8, 4) is 5.75 Å². The van der Waals surface area contributed by atoms with Crippen LogP contribution in [0.25, 0.3) is 0 Å². The van der Waals surface area contributed by atoms with Crippen molar-refractivity contribution in [3.63, 3.8) is 0 Å². The molecule has 19 heavy (non-hydrogen) atoms. The average molecular weight is 348 g/mol. The predicted molar refractivity (Wildman–Crippen MR) is 79.0 cm³/mol. The number of methoxy groups -OCH3 is 1. The van der Waals surface area contributed by atoms with Crippen molar-refractivity contribution in [1.29, 1.82) is 0 Å². The number of carbonyl (C=O) groups is 1. The summed E-state index contributed by atoms with van der Waals surface area (Å²) in [5, 5.41) is 9.91. The third-order valence-electron chi connectivity index (χ3n) is 3.34. The molecule has 106 valence electrons. The second-order valence-electron chi connectivity index (χ2n) is 4.93. The molecule has 0 spiro atoms. The molecule has 1 aliphatic carbocycles. The van der Waals surface area contributed by atoms with Crippen LogP contribution in [0.4, 0.5) is 0 Å². The summed E-state index contributed by atoms with van der Waals surface area (Å²) in [7, 11) is 3.28. The number of ether oxygens (including phenoxy) is 1. The molecule has 2 rings (SSSR count). The van der Waals surface area contributed by atoms with Gasteiger partial charge in [-0.15, -0.1) is 11.3 Å². The maximum Gasteiger partial charge on any atom is 0.267 e. The lowest BCUT2D eigenvalue weighted by Gasteiger charge is -2.20. The van der Waals surface area contributed by atoms with Crippen molar-refractivity contribution in [2.45, 2.75) is 25.9 Å². The van der Waals surface area contributed by atoms with Crippen molar-refractivity contribution in [1.82, 2.24) is 4.90 Å². The number of aryl methyl sites for hydroxylation is 1. The first-order chi connectivity index (χ1) is 8.95. The number of hydrogen-bond acceptors (Lipinski definition) is 4. The molecular formula is C13H18BrNO3S. The van der Waals surface area contributed by atoms with Gasteiger partial charge in [-0.1, -0.05) is 0 Å². The lowest BCUT2D eigenvalue weighted by molar-refractivity contribution is 0.0647. The fraction of sp³-hybridized carbons (Fsp3) is 0.615. The van der Waals surface area contributed by atoms with Gasteiger partial charge in [0, 0.05) is 18.5 Å². The molecule has 1 heterocycles. The Kier molecular flexibility index (Phi) is 4.53. The summed E-state index contributed by atoms with van der Waals surface area (Å²) in [4.78, 5) is 15.6. The number of thiophene rings is 1. The Morgan fingerprint density at radius 2 is 2.26 bits per heavy atom. The Bertz CT molecular complexity index is 484. The van der Waals surface area contributed by atoms with Crippen LogP contribution in [-0.2, 0) is 0 Å². The summed E-state index contributed by atoms with van der Waals surface area (Å²) in [6.45, 7) is 2.31. The van der Waals surface area contributed by atoms with E-state index in [1.807, 2.05) is 6.92 Å². The molecule has 1 unspecified atom stereocenters. The van der Waals surface area contributed by atoms with E-state index < -0.39 is 6.10 Å². The van der Waals surface area contributed by atoms with Crippen LogP contribution in [0, 0.1) is 12.8 Å². The number of nitrogens with zero attached hydrogens (tertiary/aromatic N) is 1. The quantitative estimate of drug-likeness (QED) is 0.890. The lowest BCUT2D eigenvalue weighted by Crippen LogP contribution is -2.35. The largest absolute Gasteiger partial charge is 0.494 e. The van der Waals surface area contributed by atoms with Crippen LogP contribution in [0.2, 0.25) is 0 Å². The summed E-state index contributed by atoms with van der Waals surface area (Å²) in [5.74, 6) is 0.851. The van der Waals surface area contributed by atoms with Gasteiger partial charge in [0.2, 0.25) is 0 Å². The van der Waals surface area contributed by atoms with E-state index in [1.165, 1.54) is 11.3 Å². The van der Waals surface area contributed by atoms with Crippen LogP contribution in [0.5, 0.6) is 5.75 Å². The van der Waals surface area contributed by atoms with Gasteiger partial charge in [-0.25, -0.2) is 0 Å². The van der Waals surface area contributed by atoms with E-state index in [1.54, 1.807) is 19.1 Å². The van der Waals surface area contributed by atoms with Gasteiger partial charge in [0.25, 0.3) is 5.91 Å². The molecule has 6 heteroatoms. The minimum Gasteiger partial charge on any atom is -0.494 e. The molecule has 0 bridgehead atoms. The topological polar surface area (TPSA) is 49.8 Å². The van der Waals surface area contributed by atoms with Gasteiger partial charge < -0.3 is 14.7 Å². The maximum atomic E-state index is 12.4. The molecule has 1 amide bonds. The highest BCUT2D eigenvalue weighted by Gasteiger charge is 2.32. The average Bonchev–Trinajstić information content (AvgIpc) is 3.17. The summed E-state index contributed by atoms with van der Waals surface area (Å²) in [6, 6.07) is 0. The highest BCUT2D eigenvalue weighted by atomic mass is 79.9. The second-order valence-corrected chi connectivity index (χ2v) is 6.94. The molecule has 1 aliphatic rings. The van der Waals surface area contributed by atoms with E-state index in [2.05, 4.69) is 15.9 Å². The zero-order chi connectivity index (χ0) is 14.2. The van der Waals surface area contributed by atoms with Crippen LogP contribution < -0.4 is 4.74 Å².